The number of aromatic nitrogens is 2. The Kier molecular flexibility index (Phi) is 18.3. The number of carboxylic acid groups (broad SMARTS) is 1. The van der Waals surface area contributed by atoms with Gasteiger partial charge in [0.2, 0.25) is 0 Å². The summed E-state index contributed by atoms with van der Waals surface area (Å²) in [6, 6.07) is 24.1. The second kappa shape index (κ2) is 25.2. The summed E-state index contributed by atoms with van der Waals surface area (Å²) >= 11 is 16.3. The molecule has 9 rings (SSSR count). The van der Waals surface area contributed by atoms with Crippen molar-refractivity contribution < 1.29 is 38.4 Å². The van der Waals surface area contributed by atoms with Crippen LogP contribution in [-0.2, 0) is 32.0 Å². The van der Waals surface area contributed by atoms with E-state index in [0.717, 1.165) is 102 Å². The maximum atomic E-state index is 12.7. The standard InChI is InChI=1S/C53H56Br2ClIN8O8/c54-42-28-34(27-41-40-30-36(57)10-11-45(40)59-51(41)66)29-43(55)49(42)72-26-25-71-24-23-70-22-21-69-20-4-16-62-15-3-7-38(62)33-73-52-60-46-32-63(47-9-2-6-35-5-1-8-44(56)48(35)47)17-13-39(46)50(61-52)64-18-19-65(53(67)68)37(31-64)12-14-58/h1-2,5-6,8-11,27-30,37-38H,3-4,7,12-13,15-26,31-33H2,(H,59,66)(H,67,68). The Morgan fingerprint density at radius 3 is 2.42 bits per heavy atom. The first-order valence-electron chi connectivity index (χ1n) is 24.5. The maximum absolute atomic E-state index is 12.7. The second-order valence-electron chi connectivity index (χ2n) is 18.2. The molecule has 16 nitrogen and oxygen atoms in total. The first-order chi connectivity index (χ1) is 35.5. The number of nitrogens with zero attached hydrogens (tertiary/aromatic N) is 7. The van der Waals surface area contributed by atoms with Crippen molar-refractivity contribution in [3.8, 4) is 17.8 Å². The third kappa shape index (κ3) is 13.0. The van der Waals surface area contributed by atoms with Gasteiger partial charge in [-0.25, -0.2) is 4.79 Å². The van der Waals surface area contributed by atoms with E-state index >= 15 is 0 Å². The number of benzene rings is 4. The summed E-state index contributed by atoms with van der Waals surface area (Å²) in [6.45, 7) is 7.82. The van der Waals surface area contributed by atoms with Gasteiger partial charge < -0.3 is 48.8 Å². The quantitative estimate of drug-likeness (QED) is 0.0403. The van der Waals surface area contributed by atoms with Crippen LogP contribution in [0.4, 0.5) is 22.0 Å². The molecule has 73 heavy (non-hydrogen) atoms. The zero-order valence-corrected chi connectivity index (χ0v) is 46.3. The Balaban J connectivity index is 0.702. The SMILES string of the molecule is N#CCC1CN(c2nc(OCC3CCCN3CCCOCCOCCOCCOc3c(Br)cc(C=C4C(=O)Nc5ccc(I)cc54)cc3Br)nc3c2CCN(c2cccc4cccc(Cl)c24)C3)CCN1C(=O)O. The highest BCUT2D eigenvalue weighted by Gasteiger charge is 2.35. The predicted molar refractivity (Wildman–Crippen MR) is 297 cm³/mol. The van der Waals surface area contributed by atoms with Crippen LogP contribution >= 0.6 is 66.1 Å². The van der Waals surface area contributed by atoms with E-state index < -0.39 is 12.1 Å². The Labute approximate surface area is 460 Å². The number of piperazine rings is 1. The lowest BCUT2D eigenvalue weighted by Crippen LogP contribution is -2.55. The fourth-order valence-electron chi connectivity index (χ4n) is 9.97. The Bertz CT molecular complexity index is 2860. The summed E-state index contributed by atoms with van der Waals surface area (Å²) in [5, 5.41) is 25.2. The topological polar surface area (TPSA) is 175 Å². The molecule has 2 N–H and O–H groups in total. The summed E-state index contributed by atoms with van der Waals surface area (Å²) in [7, 11) is 0. The van der Waals surface area contributed by atoms with Crippen LogP contribution in [0.5, 0.6) is 11.8 Å². The predicted octanol–water partition coefficient (Wildman–Crippen LogP) is 9.91. The van der Waals surface area contributed by atoms with Crippen molar-refractivity contribution >= 4 is 118 Å². The zero-order valence-electron chi connectivity index (χ0n) is 40.2. The molecule has 4 aliphatic heterocycles. The van der Waals surface area contributed by atoms with Crippen LogP contribution < -0.4 is 24.6 Å². The number of halogens is 4. The average molecular weight is 1260 g/mol. The van der Waals surface area contributed by atoms with Gasteiger partial charge in [-0.2, -0.15) is 15.2 Å². The van der Waals surface area contributed by atoms with Gasteiger partial charge in [0.15, 0.2) is 0 Å². The molecule has 0 spiro atoms. The Hall–Kier alpha value is -4.79. The first-order valence-corrected chi connectivity index (χ1v) is 27.6. The van der Waals surface area contributed by atoms with Crippen LogP contribution in [0.1, 0.15) is 48.1 Å². The molecule has 0 saturated carbocycles. The second-order valence-corrected chi connectivity index (χ2v) is 21.5. The van der Waals surface area contributed by atoms with Crippen LogP contribution in [-0.4, -0.2) is 141 Å². The number of rotatable bonds is 21. The van der Waals surface area contributed by atoms with Crippen molar-refractivity contribution in [2.45, 2.75) is 50.7 Å². The van der Waals surface area contributed by atoms with Crippen molar-refractivity contribution in [3.05, 3.63) is 107 Å². The summed E-state index contributed by atoms with van der Waals surface area (Å²) in [5.41, 5.74) is 6.11. The molecular weight excluding hydrogens is 1200 g/mol. The van der Waals surface area contributed by atoms with E-state index in [4.69, 9.17) is 45.3 Å². The van der Waals surface area contributed by atoms with Crippen molar-refractivity contribution in [2.24, 2.45) is 0 Å². The van der Waals surface area contributed by atoms with Crippen molar-refractivity contribution in [1.29, 1.82) is 5.26 Å². The van der Waals surface area contributed by atoms with Gasteiger partial charge in [0.05, 0.1) is 77.8 Å². The summed E-state index contributed by atoms with van der Waals surface area (Å²) in [6.07, 6.45) is 4.58. The molecule has 4 aliphatic rings. The van der Waals surface area contributed by atoms with E-state index in [2.05, 4.69) is 105 Å². The van der Waals surface area contributed by atoms with Crippen molar-refractivity contribution in [3.63, 3.8) is 0 Å². The van der Waals surface area contributed by atoms with Gasteiger partial charge in [-0.1, -0.05) is 35.9 Å². The van der Waals surface area contributed by atoms with E-state index in [0.29, 0.717) is 101 Å². The number of likely N-dealkylation sites (tertiary alicyclic amines) is 1. The molecule has 2 fully saturated rings. The molecule has 2 unspecified atom stereocenters. The number of carbonyl (C=O) groups excluding carboxylic acids is 1. The summed E-state index contributed by atoms with van der Waals surface area (Å²) < 4.78 is 32.5. The molecule has 20 heteroatoms. The summed E-state index contributed by atoms with van der Waals surface area (Å²) in [5.74, 6) is 1.28. The Morgan fingerprint density at radius 2 is 1.66 bits per heavy atom. The number of carbonyl (C=O) groups is 2. The highest BCUT2D eigenvalue weighted by atomic mass is 127. The van der Waals surface area contributed by atoms with Gasteiger partial charge in [-0.15, -0.1) is 0 Å². The molecule has 0 bridgehead atoms. The average Bonchev–Trinajstić information content (AvgIpc) is 3.96. The van der Waals surface area contributed by atoms with Gasteiger partial charge in [0, 0.05) is 82.4 Å². The fourth-order valence-corrected chi connectivity index (χ4v) is 12.2. The fraction of sp³-hybridized carbons (Fsp3) is 0.415. The van der Waals surface area contributed by atoms with Gasteiger partial charge in [-0.3, -0.25) is 9.69 Å². The number of nitrogens with one attached hydrogen (secondary N) is 1. The molecule has 5 heterocycles. The molecule has 4 aromatic carbocycles. The minimum absolute atomic E-state index is 0.0930. The third-order valence-corrected chi connectivity index (χ3v) is 15.7. The number of nitriles is 1. The number of hydrogen-bond donors (Lipinski definition) is 2. The van der Waals surface area contributed by atoms with E-state index in [1.54, 1.807) is 0 Å². The summed E-state index contributed by atoms with van der Waals surface area (Å²) in [4.78, 5) is 43.1. The van der Waals surface area contributed by atoms with Crippen molar-refractivity contribution in [2.75, 3.05) is 107 Å². The lowest BCUT2D eigenvalue weighted by Gasteiger charge is -2.41. The largest absolute Gasteiger partial charge is 0.489 e. The smallest absolute Gasteiger partial charge is 0.407 e. The van der Waals surface area contributed by atoms with Crippen LogP contribution in [0.2, 0.25) is 5.02 Å². The molecule has 2 amide bonds. The normalized spacial score (nSPS) is 18.3. The minimum atomic E-state index is -1.02. The van der Waals surface area contributed by atoms with Crippen LogP contribution in [0, 0.1) is 14.9 Å². The number of anilines is 3. The number of ether oxygens (including phenoxy) is 5. The Morgan fingerprint density at radius 1 is 0.904 bits per heavy atom. The highest BCUT2D eigenvalue weighted by molar-refractivity contribution is 14.1. The molecule has 2 atom stereocenters. The minimum Gasteiger partial charge on any atom is -0.489 e. The van der Waals surface area contributed by atoms with Gasteiger partial charge >= 0.3 is 12.1 Å². The lowest BCUT2D eigenvalue weighted by molar-refractivity contribution is -0.110. The van der Waals surface area contributed by atoms with Crippen molar-refractivity contribution in [1.82, 2.24) is 19.8 Å². The van der Waals surface area contributed by atoms with Gasteiger partial charge in [-0.05, 0) is 146 Å². The van der Waals surface area contributed by atoms with E-state index in [1.165, 1.54) is 4.90 Å². The van der Waals surface area contributed by atoms with E-state index in [1.807, 2.05) is 48.5 Å². The number of fused-ring (bicyclic) bond motifs is 3. The monoisotopic (exact) mass is 1250 g/mol. The van der Waals surface area contributed by atoms with Crippen LogP contribution in [0.25, 0.3) is 22.4 Å². The van der Waals surface area contributed by atoms with Gasteiger partial charge in [0.25, 0.3) is 5.91 Å². The molecule has 2 saturated heterocycles. The molecule has 1 aromatic heterocycles. The van der Waals surface area contributed by atoms with Gasteiger partial charge in [0.1, 0.15) is 24.8 Å². The molecule has 384 valence electrons. The van der Waals surface area contributed by atoms with E-state index in [9.17, 15) is 20.0 Å². The maximum Gasteiger partial charge on any atom is 0.407 e. The van der Waals surface area contributed by atoms with Crippen LogP contribution in [0.3, 0.4) is 0 Å². The molecular formula is C53H56Br2ClIN8O8. The van der Waals surface area contributed by atoms with Crippen LogP contribution in [0.15, 0.2) is 75.7 Å². The first kappa shape index (κ1) is 53.1. The van der Waals surface area contributed by atoms with E-state index in [-0.39, 0.29) is 24.9 Å². The highest BCUT2D eigenvalue weighted by Crippen LogP contribution is 2.40. The molecule has 0 radical (unpaired) electrons. The molecule has 0 aliphatic carbocycles. The zero-order chi connectivity index (χ0) is 50.8. The molecule has 5 aromatic rings. The number of amides is 2. The third-order valence-electron chi connectivity index (χ3n) is 13.5. The lowest BCUT2D eigenvalue weighted by atomic mass is 10.0. The number of hydrogen-bond acceptors (Lipinski definition) is 13.